The minimum absolute atomic E-state index is 0.0276. The smallest absolute Gasteiger partial charge is 0.274 e. The molecule has 2 saturated carbocycles. The Morgan fingerprint density at radius 3 is 1.47 bits per heavy atom. The monoisotopic (exact) mass is 662 g/mol. The van der Waals surface area contributed by atoms with Gasteiger partial charge < -0.3 is 0 Å². The summed E-state index contributed by atoms with van der Waals surface area (Å²) in [5.74, 6) is -11.6. The van der Waals surface area contributed by atoms with E-state index < -0.39 is 76.7 Å². The highest BCUT2D eigenvalue weighted by Gasteiger charge is 2.75. The molecular weight excluding hydrogens is 635 g/mol. The third-order valence-electron chi connectivity index (χ3n) is 11.2. The van der Waals surface area contributed by atoms with Crippen molar-refractivity contribution in [2.75, 3.05) is 4.90 Å². The zero-order valence-electron chi connectivity index (χ0n) is 26.2. The molecule has 9 rings (SSSR count). The number of halogens is 1. The number of anilines is 1. The van der Waals surface area contributed by atoms with Crippen molar-refractivity contribution in [3.63, 3.8) is 0 Å². The van der Waals surface area contributed by atoms with Gasteiger partial charge in [-0.25, -0.2) is 9.29 Å². The predicted octanol–water partition coefficient (Wildman–Crippen LogP) is 3.33. The van der Waals surface area contributed by atoms with E-state index in [4.69, 9.17) is 0 Å². The molecule has 4 heterocycles. The molecule has 0 bridgehead atoms. The molecule has 2 aliphatic carbocycles. The van der Waals surface area contributed by atoms with E-state index in [0.717, 1.165) is 23.5 Å². The van der Waals surface area contributed by atoms with Gasteiger partial charge >= 0.3 is 0 Å². The second-order valence-electron chi connectivity index (χ2n) is 14.1. The molecule has 246 valence electrons. The average Bonchev–Trinajstić information content (AvgIpc) is 3.36. The summed E-state index contributed by atoms with van der Waals surface area (Å²) in [5.41, 5.74) is 0.144. The summed E-state index contributed by atoms with van der Waals surface area (Å²) < 4.78 is 13.9. The van der Waals surface area contributed by atoms with Crippen LogP contribution < -0.4 is 4.90 Å². The van der Waals surface area contributed by atoms with Gasteiger partial charge in [-0.05, 0) is 73.6 Å². The van der Waals surface area contributed by atoms with Crippen LogP contribution in [0, 0.1) is 41.3 Å². The van der Waals surface area contributed by atoms with Gasteiger partial charge in [0, 0.05) is 27.9 Å². The lowest BCUT2D eigenvalue weighted by Crippen LogP contribution is -2.55. The lowest BCUT2D eigenvalue weighted by atomic mass is 9.59. The highest BCUT2D eigenvalue weighted by Crippen LogP contribution is 2.57. The normalized spacial score (nSPS) is 30.5. The van der Waals surface area contributed by atoms with Crippen molar-refractivity contribution in [2.45, 2.75) is 39.2 Å². The van der Waals surface area contributed by atoms with Gasteiger partial charge in [0.1, 0.15) is 5.82 Å². The van der Waals surface area contributed by atoms with Crippen molar-refractivity contribution >= 4 is 63.7 Å². The van der Waals surface area contributed by atoms with Crippen LogP contribution in [-0.4, -0.2) is 68.2 Å². The van der Waals surface area contributed by atoms with Gasteiger partial charge in [0.25, 0.3) is 35.4 Å². The predicted molar refractivity (Wildman–Crippen MR) is 166 cm³/mol. The summed E-state index contributed by atoms with van der Waals surface area (Å²) in [6, 6.07) is 10.1. The Bertz CT molecular complexity index is 2080. The molecule has 0 spiro atoms. The van der Waals surface area contributed by atoms with E-state index >= 15 is 0 Å². The van der Waals surface area contributed by atoms with Crippen LogP contribution in [0.2, 0.25) is 0 Å². The second-order valence-corrected chi connectivity index (χ2v) is 14.1. The molecule has 49 heavy (non-hydrogen) atoms. The third-order valence-corrected chi connectivity index (χ3v) is 11.2. The van der Waals surface area contributed by atoms with Gasteiger partial charge in [-0.15, -0.1) is 0 Å². The summed E-state index contributed by atoms with van der Waals surface area (Å²) in [7, 11) is 0. The van der Waals surface area contributed by atoms with Gasteiger partial charge in [-0.3, -0.25) is 43.3 Å². The molecule has 0 N–H and O–H groups in total. The highest BCUT2D eigenvalue weighted by atomic mass is 19.1. The van der Waals surface area contributed by atoms with Crippen LogP contribution >= 0.6 is 0 Å². The van der Waals surface area contributed by atoms with Crippen LogP contribution in [0.4, 0.5) is 10.1 Å². The van der Waals surface area contributed by atoms with Crippen molar-refractivity contribution in [2.24, 2.45) is 35.5 Å². The van der Waals surface area contributed by atoms with Crippen molar-refractivity contribution in [3.05, 3.63) is 76.6 Å². The van der Waals surface area contributed by atoms with Crippen LogP contribution in [0.1, 0.15) is 74.5 Å². The summed E-state index contributed by atoms with van der Waals surface area (Å²) in [6.45, 7) is 4.18. The Morgan fingerprint density at radius 2 is 1.00 bits per heavy atom. The van der Waals surface area contributed by atoms with Gasteiger partial charge in [0.2, 0.25) is 11.8 Å². The number of carbonyl (C=O) groups excluding carboxylic acids is 8. The minimum Gasteiger partial charge on any atom is -0.274 e. The number of carbonyl (C=O) groups is 8. The first-order valence-electron chi connectivity index (χ1n) is 16.3. The fraction of sp³-hybridized carbons (Fsp3) is 0.333. The van der Waals surface area contributed by atoms with Crippen LogP contribution in [0.5, 0.6) is 0 Å². The number of nitrogens with zero attached hydrogens (tertiary/aromatic N) is 4. The van der Waals surface area contributed by atoms with E-state index in [9.17, 15) is 42.7 Å². The number of fused-ring (bicyclic) bond motifs is 4. The maximum atomic E-state index is 14.0. The summed E-state index contributed by atoms with van der Waals surface area (Å²) in [5, 5.41) is 1.11. The number of imide groups is 4. The van der Waals surface area contributed by atoms with Crippen molar-refractivity contribution in [3.8, 4) is 0 Å². The molecule has 6 unspecified atom stereocenters. The first kappa shape index (κ1) is 29.5. The quantitative estimate of drug-likeness (QED) is 0.388. The van der Waals surface area contributed by atoms with Crippen LogP contribution in [0.25, 0.3) is 10.8 Å². The molecule has 3 aromatic rings. The zero-order chi connectivity index (χ0) is 34.4. The minimum atomic E-state index is -1.30. The number of amides is 8. The fourth-order valence-electron chi connectivity index (χ4n) is 9.35. The van der Waals surface area contributed by atoms with Gasteiger partial charge in [-0.1, -0.05) is 19.9 Å². The van der Waals surface area contributed by atoms with E-state index in [2.05, 4.69) is 13.8 Å². The first-order chi connectivity index (χ1) is 23.4. The molecule has 3 aromatic carbocycles. The Morgan fingerprint density at radius 1 is 0.551 bits per heavy atom. The molecular formula is C36H27FN4O8. The Kier molecular flexibility index (Phi) is 5.87. The number of benzene rings is 3. The molecule has 12 nitrogen and oxygen atoms in total. The SMILES string of the molecule is CC1CC(C)CC(N2C(=O)c3ccc4c5c(ccc(c35)C2=O)C(=O)N(N2C(=O)C3C5C(=O)N(c6cccc(F)c6)C(=O)C5C3C2=O)C4=O)C1. The molecule has 0 radical (unpaired) electrons. The number of hydrogen-bond acceptors (Lipinski definition) is 8. The molecule has 0 aromatic heterocycles. The topological polar surface area (TPSA) is 150 Å². The number of hydrazine groups is 1. The van der Waals surface area contributed by atoms with E-state index in [0.29, 0.717) is 34.7 Å². The van der Waals surface area contributed by atoms with E-state index in [1.807, 2.05) is 0 Å². The van der Waals surface area contributed by atoms with E-state index in [-0.39, 0.29) is 44.8 Å². The zero-order valence-corrected chi connectivity index (χ0v) is 26.2. The summed E-state index contributed by atoms with van der Waals surface area (Å²) in [6.07, 6.45) is 2.34. The molecule has 13 heteroatoms. The Hall–Kier alpha value is -5.59. The van der Waals surface area contributed by atoms with E-state index in [1.165, 1.54) is 41.3 Å². The summed E-state index contributed by atoms with van der Waals surface area (Å²) in [4.78, 5) is 112. The third kappa shape index (κ3) is 3.62. The molecule has 6 atom stereocenters. The number of hydrogen-bond donors (Lipinski definition) is 0. The molecule has 6 aliphatic rings. The summed E-state index contributed by atoms with van der Waals surface area (Å²) >= 11 is 0. The van der Waals surface area contributed by atoms with Gasteiger partial charge in [-0.2, -0.15) is 10.0 Å². The lowest BCUT2D eigenvalue weighted by Gasteiger charge is -2.40. The van der Waals surface area contributed by atoms with Crippen LogP contribution in [-0.2, 0) is 19.2 Å². The largest absolute Gasteiger partial charge is 0.281 e. The van der Waals surface area contributed by atoms with Gasteiger partial charge in [0.05, 0.1) is 40.5 Å². The standard InChI is InChI=1S/C36H27FN4O8/c1-14-10-15(2)12-18(11-14)39-29(42)19-6-8-21-24-22(9-7-20(23(19)24)30(39)43)32(45)40(31(21)44)41-35(48)27-25-26(28(27)36(41)49)34(47)38(33(25)46)17-5-3-4-16(37)13-17/h3-9,13-15,18,25-28H,10-12H2,1-2H3. The van der Waals surface area contributed by atoms with E-state index in [1.54, 1.807) is 0 Å². The molecule has 4 aliphatic heterocycles. The van der Waals surface area contributed by atoms with Gasteiger partial charge in [0.15, 0.2) is 0 Å². The fourth-order valence-corrected chi connectivity index (χ4v) is 9.35. The maximum Gasteiger partial charge on any atom is 0.281 e. The highest BCUT2D eigenvalue weighted by molar-refractivity contribution is 6.34. The average molecular weight is 663 g/mol. The Labute approximate surface area is 277 Å². The second kappa shape index (κ2) is 9.74. The van der Waals surface area contributed by atoms with Crippen LogP contribution in [0.3, 0.4) is 0 Å². The van der Waals surface area contributed by atoms with Crippen molar-refractivity contribution in [1.29, 1.82) is 0 Å². The maximum absolute atomic E-state index is 14.0. The number of rotatable bonds is 3. The molecule has 8 amide bonds. The first-order valence-corrected chi connectivity index (χ1v) is 16.3. The van der Waals surface area contributed by atoms with Crippen LogP contribution in [0.15, 0.2) is 48.5 Å². The molecule has 4 fully saturated rings. The molecule has 2 saturated heterocycles. The van der Waals surface area contributed by atoms with Crippen molar-refractivity contribution in [1.82, 2.24) is 14.9 Å². The van der Waals surface area contributed by atoms with Crippen molar-refractivity contribution < 1.29 is 42.7 Å². The lowest BCUT2D eigenvalue weighted by molar-refractivity contribution is -0.151. The Balaban J connectivity index is 1.06.